The Labute approximate surface area is 225 Å². The van der Waals surface area contributed by atoms with Crippen LogP contribution in [0.1, 0.15) is 24.0 Å². The highest BCUT2D eigenvalue weighted by atomic mass is 35.5. The summed E-state index contributed by atoms with van der Waals surface area (Å²) in [5.74, 6) is -1.00. The average molecular weight is 529 g/mol. The van der Waals surface area contributed by atoms with Crippen molar-refractivity contribution in [2.45, 2.75) is 19.8 Å². The van der Waals surface area contributed by atoms with Crippen molar-refractivity contribution in [1.82, 2.24) is 5.32 Å². The second-order valence-corrected chi connectivity index (χ2v) is 9.90. The van der Waals surface area contributed by atoms with Crippen LogP contribution in [0.4, 0.5) is 11.4 Å². The van der Waals surface area contributed by atoms with Crippen LogP contribution >= 0.6 is 23.4 Å². The Bertz CT molecular complexity index is 1430. The highest BCUT2D eigenvalue weighted by molar-refractivity contribution is 8.03. The summed E-state index contributed by atoms with van der Waals surface area (Å²) in [6, 6.07) is 26.1. The number of halogens is 1. The quantitative estimate of drug-likeness (QED) is 0.332. The van der Waals surface area contributed by atoms with E-state index in [2.05, 4.69) is 22.0 Å². The van der Waals surface area contributed by atoms with E-state index in [0.29, 0.717) is 32.6 Å². The van der Waals surface area contributed by atoms with Crippen LogP contribution in [0.5, 0.6) is 0 Å². The summed E-state index contributed by atoms with van der Waals surface area (Å²) in [6.07, 6.45) is 0. The molecule has 1 aliphatic rings. The lowest BCUT2D eigenvalue weighted by molar-refractivity contribution is -0.114. The normalized spacial score (nSPS) is 15.0. The summed E-state index contributed by atoms with van der Waals surface area (Å²) in [6.45, 7) is 3.73. The SMILES string of the molecule is CC1=C(C(=O)Nc2ccc(Cl)cc2)[C@@H](c2ccccc2)C(C#N)=C(SCC(=O)Nc2ccccc2C)N1. The van der Waals surface area contributed by atoms with Crippen LogP contribution in [0.3, 0.4) is 0 Å². The number of carbonyl (C=O) groups is 2. The molecule has 0 saturated carbocycles. The summed E-state index contributed by atoms with van der Waals surface area (Å²) >= 11 is 7.22. The van der Waals surface area contributed by atoms with E-state index >= 15 is 0 Å². The Morgan fingerprint density at radius 2 is 1.65 bits per heavy atom. The van der Waals surface area contributed by atoms with Gasteiger partial charge in [-0.2, -0.15) is 5.26 Å². The van der Waals surface area contributed by atoms with E-state index in [1.807, 2.05) is 61.5 Å². The molecule has 3 N–H and O–H groups in total. The molecule has 0 unspecified atom stereocenters. The molecule has 3 aromatic carbocycles. The first-order chi connectivity index (χ1) is 17.9. The Morgan fingerprint density at radius 1 is 0.973 bits per heavy atom. The fourth-order valence-electron chi connectivity index (χ4n) is 4.08. The third kappa shape index (κ3) is 6.23. The first kappa shape index (κ1) is 26.1. The van der Waals surface area contributed by atoms with Crippen LogP contribution < -0.4 is 16.0 Å². The van der Waals surface area contributed by atoms with Crippen LogP contribution in [0, 0.1) is 18.3 Å². The van der Waals surface area contributed by atoms with E-state index in [1.165, 1.54) is 11.8 Å². The Balaban J connectivity index is 1.61. The molecule has 3 aromatic rings. The van der Waals surface area contributed by atoms with E-state index in [-0.39, 0.29) is 17.6 Å². The molecule has 0 radical (unpaired) electrons. The van der Waals surface area contributed by atoms with Crippen molar-refractivity contribution in [3.05, 3.63) is 117 Å². The summed E-state index contributed by atoms with van der Waals surface area (Å²) in [5, 5.41) is 20.4. The first-order valence-electron chi connectivity index (χ1n) is 11.6. The topological polar surface area (TPSA) is 94.0 Å². The van der Waals surface area contributed by atoms with Gasteiger partial charge in [0.15, 0.2) is 0 Å². The Kier molecular flexibility index (Phi) is 8.34. The second kappa shape index (κ2) is 11.8. The molecular formula is C29H25ClN4O2S. The molecule has 8 heteroatoms. The molecular weight excluding hydrogens is 504 g/mol. The highest BCUT2D eigenvalue weighted by Gasteiger charge is 2.34. The molecule has 0 aromatic heterocycles. The standard InChI is InChI=1S/C29H25ClN4O2S/c1-18-8-6-7-11-24(18)34-25(35)17-37-29-23(16-31)27(20-9-4-3-5-10-20)26(19(2)32-29)28(36)33-22-14-12-21(30)13-15-22/h3-15,27,32H,17H2,1-2H3,(H,33,36)(H,34,35)/t27-/m0/s1. The van der Waals surface area contributed by atoms with Gasteiger partial charge >= 0.3 is 0 Å². The molecule has 37 heavy (non-hydrogen) atoms. The number of hydrogen-bond donors (Lipinski definition) is 3. The minimum atomic E-state index is -0.596. The van der Waals surface area contributed by atoms with Crippen molar-refractivity contribution in [2.75, 3.05) is 16.4 Å². The predicted octanol–water partition coefficient (Wildman–Crippen LogP) is 6.36. The van der Waals surface area contributed by atoms with E-state index < -0.39 is 5.92 Å². The van der Waals surface area contributed by atoms with Crippen molar-refractivity contribution < 1.29 is 9.59 Å². The van der Waals surface area contributed by atoms with E-state index in [0.717, 1.165) is 16.8 Å². The van der Waals surface area contributed by atoms with Crippen molar-refractivity contribution in [1.29, 1.82) is 5.26 Å². The minimum Gasteiger partial charge on any atom is -0.353 e. The van der Waals surface area contributed by atoms with Gasteiger partial charge in [-0.25, -0.2) is 0 Å². The van der Waals surface area contributed by atoms with Gasteiger partial charge in [-0.05, 0) is 55.3 Å². The maximum absolute atomic E-state index is 13.5. The number of carbonyl (C=O) groups excluding carboxylic acids is 2. The van der Waals surface area contributed by atoms with Crippen molar-refractivity contribution in [2.24, 2.45) is 0 Å². The number of allylic oxidation sites excluding steroid dienone is 2. The van der Waals surface area contributed by atoms with Gasteiger partial charge in [-0.15, -0.1) is 0 Å². The lowest BCUT2D eigenvalue weighted by atomic mass is 9.82. The monoisotopic (exact) mass is 528 g/mol. The fourth-order valence-corrected chi connectivity index (χ4v) is 5.09. The van der Waals surface area contributed by atoms with Gasteiger partial charge in [0.2, 0.25) is 5.91 Å². The van der Waals surface area contributed by atoms with Crippen molar-refractivity contribution >= 4 is 46.6 Å². The van der Waals surface area contributed by atoms with Crippen LogP contribution in [-0.2, 0) is 9.59 Å². The number of dihydropyridines is 1. The number of para-hydroxylation sites is 1. The minimum absolute atomic E-state index is 0.100. The number of rotatable bonds is 7. The number of anilines is 2. The third-order valence-corrected chi connectivity index (χ3v) is 7.16. The van der Waals surface area contributed by atoms with Crippen LogP contribution in [-0.4, -0.2) is 17.6 Å². The van der Waals surface area contributed by atoms with Gasteiger partial charge in [-0.3, -0.25) is 9.59 Å². The number of benzene rings is 3. The average Bonchev–Trinajstić information content (AvgIpc) is 2.90. The molecule has 1 aliphatic heterocycles. The number of thioether (sulfide) groups is 1. The van der Waals surface area contributed by atoms with Gasteiger partial charge in [0, 0.05) is 27.7 Å². The maximum atomic E-state index is 13.5. The molecule has 1 heterocycles. The van der Waals surface area contributed by atoms with E-state index in [9.17, 15) is 14.9 Å². The highest BCUT2D eigenvalue weighted by Crippen LogP contribution is 2.41. The van der Waals surface area contributed by atoms with Gasteiger partial charge in [0.25, 0.3) is 5.91 Å². The third-order valence-electron chi connectivity index (χ3n) is 5.89. The van der Waals surface area contributed by atoms with Gasteiger partial charge in [0.1, 0.15) is 0 Å². The zero-order valence-electron chi connectivity index (χ0n) is 20.3. The maximum Gasteiger partial charge on any atom is 0.254 e. The summed E-state index contributed by atoms with van der Waals surface area (Å²) in [5.41, 5.74) is 4.55. The number of hydrogen-bond acceptors (Lipinski definition) is 5. The van der Waals surface area contributed by atoms with Gasteiger partial charge in [-0.1, -0.05) is 71.9 Å². The zero-order valence-corrected chi connectivity index (χ0v) is 21.9. The smallest absolute Gasteiger partial charge is 0.254 e. The molecule has 0 fully saturated rings. The largest absolute Gasteiger partial charge is 0.353 e. The number of nitrogens with one attached hydrogen (secondary N) is 3. The van der Waals surface area contributed by atoms with Crippen LogP contribution in [0.25, 0.3) is 0 Å². The summed E-state index contributed by atoms with van der Waals surface area (Å²) < 4.78 is 0. The van der Waals surface area contributed by atoms with Crippen LogP contribution in [0.15, 0.2) is 101 Å². The summed E-state index contributed by atoms with van der Waals surface area (Å²) in [7, 11) is 0. The van der Waals surface area contributed by atoms with E-state index in [1.54, 1.807) is 31.2 Å². The van der Waals surface area contributed by atoms with E-state index in [4.69, 9.17) is 11.6 Å². The molecule has 186 valence electrons. The Morgan fingerprint density at radius 3 is 2.32 bits per heavy atom. The second-order valence-electron chi connectivity index (χ2n) is 8.47. The molecule has 1 atom stereocenters. The summed E-state index contributed by atoms with van der Waals surface area (Å²) in [4.78, 5) is 26.2. The molecule has 0 saturated heterocycles. The Hall–Kier alpha value is -3.99. The number of nitriles is 1. The molecule has 4 rings (SSSR count). The van der Waals surface area contributed by atoms with Gasteiger partial charge in [0.05, 0.1) is 28.3 Å². The number of aryl methyl sites for hydroxylation is 1. The van der Waals surface area contributed by atoms with Gasteiger partial charge < -0.3 is 16.0 Å². The molecule has 2 amide bonds. The van der Waals surface area contributed by atoms with Crippen molar-refractivity contribution in [3.8, 4) is 6.07 Å². The number of nitrogens with zero attached hydrogens (tertiary/aromatic N) is 1. The lowest BCUT2D eigenvalue weighted by Crippen LogP contribution is -2.31. The fraction of sp³-hybridized carbons (Fsp3) is 0.138. The number of amides is 2. The predicted molar refractivity (Wildman–Crippen MR) is 150 cm³/mol. The van der Waals surface area contributed by atoms with Crippen LogP contribution in [0.2, 0.25) is 5.02 Å². The molecule has 0 bridgehead atoms. The van der Waals surface area contributed by atoms with Crippen molar-refractivity contribution in [3.63, 3.8) is 0 Å². The first-order valence-corrected chi connectivity index (χ1v) is 13.0. The molecule has 0 spiro atoms. The zero-order chi connectivity index (χ0) is 26.4. The molecule has 0 aliphatic carbocycles. The lowest BCUT2D eigenvalue weighted by Gasteiger charge is -2.30. The molecule has 6 nitrogen and oxygen atoms in total.